The molecule has 10 heteroatoms. The molecule has 0 saturated heterocycles. The monoisotopic (exact) mass is 421 g/mol. The van der Waals surface area contributed by atoms with Gasteiger partial charge in [-0.3, -0.25) is 9.59 Å². The number of nitrogens with zero attached hydrogens (tertiary/aromatic N) is 2. The number of aromatic hydroxyl groups is 1. The fraction of sp³-hybridized carbons (Fsp3) is 0.450. The van der Waals surface area contributed by atoms with Crippen molar-refractivity contribution in [3.63, 3.8) is 0 Å². The van der Waals surface area contributed by atoms with E-state index in [9.17, 15) is 19.5 Å². The molecule has 0 atom stereocenters. The SMILES string of the molecule is CCN(CC)C(=O)c1cc(NC2=C(C(=O)OC)CN(CCO)C2=O)c(O)c(OC)c1. The minimum atomic E-state index is -0.715. The molecule has 1 heterocycles. The number of ether oxygens (including phenoxy) is 2. The van der Waals surface area contributed by atoms with Crippen LogP contribution < -0.4 is 10.1 Å². The summed E-state index contributed by atoms with van der Waals surface area (Å²) in [6.07, 6.45) is 0. The minimum absolute atomic E-state index is 0.0281. The van der Waals surface area contributed by atoms with Gasteiger partial charge in [0.25, 0.3) is 11.8 Å². The highest BCUT2D eigenvalue weighted by molar-refractivity contribution is 6.09. The molecule has 0 aromatic heterocycles. The topological polar surface area (TPSA) is 129 Å². The summed E-state index contributed by atoms with van der Waals surface area (Å²) in [5.74, 6) is -1.81. The molecule has 3 N–H and O–H groups in total. The van der Waals surface area contributed by atoms with Crippen molar-refractivity contribution in [2.75, 3.05) is 52.3 Å². The Morgan fingerprint density at radius 2 is 1.90 bits per heavy atom. The molecule has 30 heavy (non-hydrogen) atoms. The molecule has 1 aliphatic rings. The molecule has 2 amide bonds. The summed E-state index contributed by atoms with van der Waals surface area (Å²) in [6.45, 7) is 4.38. The third-order valence-corrected chi connectivity index (χ3v) is 4.81. The van der Waals surface area contributed by atoms with Gasteiger partial charge in [-0.1, -0.05) is 0 Å². The highest BCUT2D eigenvalue weighted by atomic mass is 16.5. The van der Waals surface area contributed by atoms with Crippen molar-refractivity contribution < 1.29 is 34.1 Å². The highest BCUT2D eigenvalue weighted by Gasteiger charge is 2.35. The Kier molecular flexibility index (Phi) is 7.65. The second kappa shape index (κ2) is 9.97. The molecular formula is C20H27N3O7. The highest BCUT2D eigenvalue weighted by Crippen LogP contribution is 2.37. The summed E-state index contributed by atoms with van der Waals surface area (Å²) in [7, 11) is 2.53. The summed E-state index contributed by atoms with van der Waals surface area (Å²) in [5, 5.41) is 22.5. The van der Waals surface area contributed by atoms with Crippen molar-refractivity contribution in [1.29, 1.82) is 0 Å². The fourth-order valence-corrected chi connectivity index (χ4v) is 3.16. The van der Waals surface area contributed by atoms with Gasteiger partial charge in [-0.15, -0.1) is 0 Å². The first-order chi connectivity index (χ1) is 14.3. The number of esters is 1. The molecule has 0 radical (unpaired) electrons. The van der Waals surface area contributed by atoms with Crippen LogP contribution >= 0.6 is 0 Å². The Hall–Kier alpha value is -3.27. The van der Waals surface area contributed by atoms with Crippen molar-refractivity contribution in [1.82, 2.24) is 9.80 Å². The van der Waals surface area contributed by atoms with E-state index in [0.29, 0.717) is 13.1 Å². The maximum Gasteiger partial charge on any atom is 0.337 e. The van der Waals surface area contributed by atoms with Crippen LogP contribution in [0.1, 0.15) is 24.2 Å². The Balaban J connectivity index is 2.51. The standard InChI is InChI=1S/C20H27N3O7/c1-5-22(6-2)18(26)12-9-14(17(25)15(10-12)29-3)21-16-13(20(28)30-4)11-23(7-8-24)19(16)27/h9-10,21,24-25H,5-8,11H2,1-4H3. The number of phenolic OH excluding ortho intramolecular Hbond substituents is 1. The molecule has 10 nitrogen and oxygen atoms in total. The number of aliphatic hydroxyl groups is 1. The van der Waals surface area contributed by atoms with Gasteiger partial charge in [-0.05, 0) is 26.0 Å². The Morgan fingerprint density at radius 1 is 1.23 bits per heavy atom. The number of carbonyl (C=O) groups is 3. The van der Waals surface area contributed by atoms with Crippen LogP contribution in [-0.4, -0.2) is 84.8 Å². The van der Waals surface area contributed by atoms with Crippen molar-refractivity contribution in [3.8, 4) is 11.5 Å². The van der Waals surface area contributed by atoms with Crippen LogP contribution in [0.25, 0.3) is 0 Å². The summed E-state index contributed by atoms with van der Waals surface area (Å²) in [6, 6.07) is 2.80. The lowest BCUT2D eigenvalue weighted by molar-refractivity contribution is -0.136. The molecule has 0 fully saturated rings. The number of nitrogens with one attached hydrogen (secondary N) is 1. The first kappa shape index (κ1) is 23.0. The maximum atomic E-state index is 12.8. The molecule has 2 rings (SSSR count). The number of hydrogen-bond donors (Lipinski definition) is 3. The van der Waals surface area contributed by atoms with Gasteiger partial charge in [0.15, 0.2) is 11.5 Å². The Bertz CT molecular complexity index is 862. The van der Waals surface area contributed by atoms with Crippen LogP contribution in [0.3, 0.4) is 0 Å². The number of β-amino-alcohol motifs (C(OH)–C–C–N with tert-alkyl or cyclic N) is 1. The Labute approximate surface area is 174 Å². The van der Waals surface area contributed by atoms with E-state index in [-0.39, 0.29) is 59.6 Å². The largest absolute Gasteiger partial charge is 0.503 e. The molecule has 0 spiro atoms. The number of rotatable bonds is 9. The average Bonchev–Trinajstić information content (AvgIpc) is 3.05. The second-order valence-corrected chi connectivity index (χ2v) is 6.47. The molecule has 0 aliphatic carbocycles. The van der Waals surface area contributed by atoms with Crippen molar-refractivity contribution >= 4 is 23.5 Å². The van der Waals surface area contributed by atoms with Crippen molar-refractivity contribution in [2.45, 2.75) is 13.8 Å². The van der Waals surface area contributed by atoms with Crippen LogP contribution in [0, 0.1) is 0 Å². The molecule has 1 aromatic rings. The predicted octanol–water partition coefficient (Wildman–Crippen LogP) is 0.556. The summed E-state index contributed by atoms with van der Waals surface area (Å²) < 4.78 is 9.92. The van der Waals surface area contributed by atoms with E-state index in [1.807, 2.05) is 13.8 Å². The summed E-state index contributed by atoms with van der Waals surface area (Å²) in [5.41, 5.74) is 0.226. The van der Waals surface area contributed by atoms with Gasteiger partial charge in [0.1, 0.15) is 5.70 Å². The van der Waals surface area contributed by atoms with Crippen molar-refractivity contribution in [2.24, 2.45) is 0 Å². The number of anilines is 1. The van der Waals surface area contributed by atoms with Crippen LogP contribution in [0.4, 0.5) is 5.69 Å². The summed E-state index contributed by atoms with van der Waals surface area (Å²) in [4.78, 5) is 40.5. The zero-order chi connectivity index (χ0) is 22.4. The van der Waals surface area contributed by atoms with Gasteiger partial charge in [0.2, 0.25) is 0 Å². The number of methoxy groups -OCH3 is 2. The normalized spacial score (nSPS) is 13.5. The zero-order valence-electron chi connectivity index (χ0n) is 17.5. The van der Waals surface area contributed by atoms with Gasteiger partial charge < -0.3 is 34.8 Å². The van der Waals surface area contributed by atoms with E-state index < -0.39 is 11.9 Å². The lowest BCUT2D eigenvalue weighted by Crippen LogP contribution is -2.31. The first-order valence-corrected chi connectivity index (χ1v) is 9.51. The number of carbonyl (C=O) groups excluding carboxylic acids is 3. The average molecular weight is 421 g/mol. The molecule has 0 bridgehead atoms. The number of benzene rings is 1. The van der Waals surface area contributed by atoms with E-state index in [1.54, 1.807) is 4.90 Å². The quantitative estimate of drug-likeness (QED) is 0.390. The van der Waals surface area contributed by atoms with Crippen LogP contribution in [0.2, 0.25) is 0 Å². The molecule has 1 aromatic carbocycles. The Morgan fingerprint density at radius 3 is 2.43 bits per heavy atom. The van der Waals surface area contributed by atoms with Gasteiger partial charge in [0, 0.05) is 25.2 Å². The number of aliphatic hydroxyl groups excluding tert-OH is 1. The molecule has 0 unspecified atom stereocenters. The third-order valence-electron chi connectivity index (χ3n) is 4.81. The third kappa shape index (κ3) is 4.48. The predicted molar refractivity (Wildman–Crippen MR) is 108 cm³/mol. The molecular weight excluding hydrogens is 394 g/mol. The van der Waals surface area contributed by atoms with E-state index in [0.717, 1.165) is 0 Å². The fourth-order valence-electron chi connectivity index (χ4n) is 3.16. The zero-order valence-corrected chi connectivity index (χ0v) is 17.5. The van der Waals surface area contributed by atoms with Crippen LogP contribution in [0.5, 0.6) is 11.5 Å². The molecule has 1 aliphatic heterocycles. The molecule has 0 saturated carbocycles. The summed E-state index contributed by atoms with van der Waals surface area (Å²) >= 11 is 0. The smallest absolute Gasteiger partial charge is 0.337 e. The van der Waals surface area contributed by atoms with E-state index in [1.165, 1.54) is 31.3 Å². The molecule has 164 valence electrons. The number of amides is 2. The lowest BCUT2D eigenvalue weighted by Gasteiger charge is -2.20. The number of phenols is 1. The van der Waals surface area contributed by atoms with E-state index in [4.69, 9.17) is 14.6 Å². The van der Waals surface area contributed by atoms with E-state index >= 15 is 0 Å². The lowest BCUT2D eigenvalue weighted by atomic mass is 10.1. The van der Waals surface area contributed by atoms with Gasteiger partial charge >= 0.3 is 5.97 Å². The maximum absolute atomic E-state index is 12.8. The van der Waals surface area contributed by atoms with Gasteiger partial charge in [-0.2, -0.15) is 0 Å². The van der Waals surface area contributed by atoms with Gasteiger partial charge in [-0.25, -0.2) is 4.79 Å². The second-order valence-electron chi connectivity index (χ2n) is 6.47. The first-order valence-electron chi connectivity index (χ1n) is 9.51. The van der Waals surface area contributed by atoms with Crippen LogP contribution in [0.15, 0.2) is 23.4 Å². The number of hydrogen-bond acceptors (Lipinski definition) is 8. The van der Waals surface area contributed by atoms with Crippen molar-refractivity contribution in [3.05, 3.63) is 29.0 Å². The minimum Gasteiger partial charge on any atom is -0.503 e. The van der Waals surface area contributed by atoms with E-state index in [2.05, 4.69) is 5.32 Å². The van der Waals surface area contributed by atoms with Crippen LogP contribution in [-0.2, 0) is 14.3 Å². The van der Waals surface area contributed by atoms with Gasteiger partial charge in [0.05, 0.1) is 38.6 Å².